The number of hydrogen-bond donors (Lipinski definition) is 0. The van der Waals surface area contributed by atoms with E-state index in [1.54, 1.807) is 0 Å². The molecule has 3 aromatic rings. The molecule has 0 aliphatic heterocycles. The standard InChI is InChI=1S/C34H51N2/c1-4-6-8-9-10-11-12-13-20-25-35-29-33(27-30(3)32-23-18-15-19-24-32)36(26-7-5-2)34(35)28-31-21-16-14-17-22-31/h14-19,21-24,29-30H,4-13,20,25-28H2,1-3H3/q+1. The van der Waals surface area contributed by atoms with E-state index in [0.29, 0.717) is 5.92 Å². The topological polar surface area (TPSA) is 8.81 Å². The van der Waals surface area contributed by atoms with E-state index in [-0.39, 0.29) is 0 Å². The molecular formula is C34H51N2+. The van der Waals surface area contributed by atoms with Crippen molar-refractivity contribution in [1.29, 1.82) is 0 Å². The molecule has 0 spiro atoms. The predicted molar refractivity (Wildman–Crippen MR) is 155 cm³/mol. The summed E-state index contributed by atoms with van der Waals surface area (Å²) in [4.78, 5) is 0. The van der Waals surface area contributed by atoms with Gasteiger partial charge in [0.2, 0.25) is 0 Å². The van der Waals surface area contributed by atoms with Gasteiger partial charge in [-0.25, -0.2) is 9.13 Å². The minimum Gasteiger partial charge on any atom is -0.234 e. The summed E-state index contributed by atoms with van der Waals surface area (Å²) in [6.07, 6.45) is 19.5. The fraction of sp³-hybridized carbons (Fsp3) is 0.559. The molecule has 36 heavy (non-hydrogen) atoms. The van der Waals surface area contributed by atoms with Crippen molar-refractivity contribution in [2.45, 2.75) is 123 Å². The van der Waals surface area contributed by atoms with Gasteiger partial charge in [0.05, 0.1) is 19.5 Å². The lowest BCUT2D eigenvalue weighted by Gasteiger charge is -2.11. The number of nitrogens with zero attached hydrogens (tertiary/aromatic N) is 2. The van der Waals surface area contributed by atoms with Gasteiger partial charge in [0.25, 0.3) is 5.82 Å². The Balaban J connectivity index is 1.72. The van der Waals surface area contributed by atoms with E-state index >= 15 is 0 Å². The van der Waals surface area contributed by atoms with Gasteiger partial charge in [0.15, 0.2) is 0 Å². The third-order valence-electron chi connectivity index (χ3n) is 7.62. The molecule has 2 nitrogen and oxygen atoms in total. The minimum atomic E-state index is 0.521. The molecule has 196 valence electrons. The smallest absolute Gasteiger partial charge is 0.234 e. The number of unbranched alkanes of at least 4 members (excludes halogenated alkanes) is 9. The normalized spacial score (nSPS) is 12.2. The molecule has 2 aromatic carbocycles. The monoisotopic (exact) mass is 487 g/mol. The van der Waals surface area contributed by atoms with Crippen molar-refractivity contribution in [2.75, 3.05) is 0 Å². The van der Waals surface area contributed by atoms with Gasteiger partial charge in [0, 0.05) is 6.42 Å². The fourth-order valence-corrected chi connectivity index (χ4v) is 5.37. The van der Waals surface area contributed by atoms with E-state index in [1.807, 2.05) is 0 Å². The third kappa shape index (κ3) is 9.26. The van der Waals surface area contributed by atoms with Crippen molar-refractivity contribution in [3.63, 3.8) is 0 Å². The molecule has 1 atom stereocenters. The van der Waals surface area contributed by atoms with Crippen molar-refractivity contribution in [2.24, 2.45) is 0 Å². The van der Waals surface area contributed by atoms with Crippen LogP contribution in [0.3, 0.4) is 0 Å². The highest BCUT2D eigenvalue weighted by molar-refractivity contribution is 5.22. The maximum Gasteiger partial charge on any atom is 0.261 e. The SMILES string of the molecule is CCCCCCCCCCC[n+]1cc(CC(C)c2ccccc2)n(CCCC)c1Cc1ccccc1. The minimum absolute atomic E-state index is 0.521. The second kappa shape index (κ2) is 16.4. The van der Waals surface area contributed by atoms with Gasteiger partial charge in [-0.2, -0.15) is 0 Å². The van der Waals surface area contributed by atoms with Crippen LogP contribution in [0.1, 0.15) is 120 Å². The van der Waals surface area contributed by atoms with E-state index in [4.69, 9.17) is 0 Å². The van der Waals surface area contributed by atoms with Crippen LogP contribution in [0.15, 0.2) is 66.9 Å². The summed E-state index contributed by atoms with van der Waals surface area (Å²) in [6.45, 7) is 9.26. The van der Waals surface area contributed by atoms with Crippen LogP contribution in [-0.2, 0) is 25.9 Å². The molecule has 0 bridgehead atoms. The van der Waals surface area contributed by atoms with Gasteiger partial charge < -0.3 is 0 Å². The van der Waals surface area contributed by atoms with Gasteiger partial charge >= 0.3 is 0 Å². The van der Waals surface area contributed by atoms with E-state index in [2.05, 4.69) is 96.8 Å². The van der Waals surface area contributed by atoms with Crippen LogP contribution in [0.4, 0.5) is 0 Å². The van der Waals surface area contributed by atoms with Gasteiger partial charge in [-0.05, 0) is 36.3 Å². The molecular weight excluding hydrogens is 436 g/mol. The van der Waals surface area contributed by atoms with Gasteiger partial charge in [-0.3, -0.25) is 0 Å². The first-order valence-corrected chi connectivity index (χ1v) is 14.9. The van der Waals surface area contributed by atoms with Crippen LogP contribution in [-0.4, -0.2) is 4.57 Å². The molecule has 0 saturated heterocycles. The average molecular weight is 488 g/mol. The molecule has 0 saturated carbocycles. The van der Waals surface area contributed by atoms with E-state index in [9.17, 15) is 0 Å². The first-order chi connectivity index (χ1) is 17.7. The Morgan fingerprint density at radius 2 is 1.28 bits per heavy atom. The predicted octanol–water partition coefficient (Wildman–Crippen LogP) is 9.04. The Labute approximate surface area is 221 Å². The Morgan fingerprint density at radius 3 is 1.92 bits per heavy atom. The molecule has 2 heteroatoms. The molecule has 3 rings (SSSR count). The molecule has 1 unspecified atom stereocenters. The summed E-state index contributed by atoms with van der Waals surface area (Å²) in [7, 11) is 0. The average Bonchev–Trinajstić information content (AvgIpc) is 3.22. The number of rotatable bonds is 18. The molecule has 0 radical (unpaired) electrons. The lowest BCUT2D eigenvalue weighted by atomic mass is 9.96. The zero-order valence-electron chi connectivity index (χ0n) is 23.4. The lowest BCUT2D eigenvalue weighted by molar-refractivity contribution is -0.704. The molecule has 0 N–H and O–H groups in total. The molecule has 0 amide bonds. The van der Waals surface area contributed by atoms with E-state index < -0.39 is 0 Å². The van der Waals surface area contributed by atoms with Gasteiger partial charge in [-0.15, -0.1) is 0 Å². The quantitative estimate of drug-likeness (QED) is 0.125. The number of aromatic nitrogens is 2. The van der Waals surface area contributed by atoms with Crippen LogP contribution < -0.4 is 4.57 Å². The summed E-state index contributed by atoms with van der Waals surface area (Å²) >= 11 is 0. The summed E-state index contributed by atoms with van der Waals surface area (Å²) in [5.74, 6) is 2.01. The van der Waals surface area contributed by atoms with Crippen molar-refractivity contribution in [3.05, 3.63) is 89.5 Å². The maximum atomic E-state index is 2.67. The Hall–Kier alpha value is -2.35. The maximum absolute atomic E-state index is 2.67. The van der Waals surface area contributed by atoms with Gasteiger partial charge in [0.1, 0.15) is 11.9 Å². The number of benzene rings is 2. The van der Waals surface area contributed by atoms with Crippen LogP contribution in [0.5, 0.6) is 0 Å². The highest BCUT2D eigenvalue weighted by atomic mass is 15.2. The first-order valence-electron chi connectivity index (χ1n) is 14.9. The number of hydrogen-bond acceptors (Lipinski definition) is 0. The summed E-state index contributed by atoms with van der Waals surface area (Å²) < 4.78 is 5.28. The van der Waals surface area contributed by atoms with Crippen molar-refractivity contribution in [3.8, 4) is 0 Å². The van der Waals surface area contributed by atoms with Crippen LogP contribution in [0, 0.1) is 0 Å². The second-order valence-electron chi connectivity index (χ2n) is 10.7. The zero-order valence-corrected chi connectivity index (χ0v) is 23.4. The molecule has 0 fully saturated rings. The third-order valence-corrected chi connectivity index (χ3v) is 7.62. The summed E-state index contributed by atoms with van der Waals surface area (Å²) in [5.41, 5.74) is 4.36. The zero-order chi connectivity index (χ0) is 25.4. The number of aryl methyl sites for hydroxylation is 1. The van der Waals surface area contributed by atoms with Crippen molar-refractivity contribution in [1.82, 2.24) is 4.57 Å². The summed E-state index contributed by atoms with van der Waals surface area (Å²) in [6, 6.07) is 22.1. The Kier molecular flexibility index (Phi) is 12.9. The highest BCUT2D eigenvalue weighted by Gasteiger charge is 2.24. The van der Waals surface area contributed by atoms with Crippen molar-refractivity contribution >= 4 is 0 Å². The van der Waals surface area contributed by atoms with E-state index in [0.717, 1.165) is 25.9 Å². The molecule has 0 aliphatic rings. The van der Waals surface area contributed by atoms with Crippen molar-refractivity contribution < 1.29 is 4.57 Å². The van der Waals surface area contributed by atoms with Gasteiger partial charge in [-0.1, -0.05) is 133 Å². The van der Waals surface area contributed by atoms with E-state index in [1.165, 1.54) is 93.3 Å². The second-order valence-corrected chi connectivity index (χ2v) is 10.7. The first kappa shape index (κ1) is 28.2. The van der Waals surface area contributed by atoms with Crippen LogP contribution in [0.25, 0.3) is 0 Å². The number of imidazole rings is 1. The largest absolute Gasteiger partial charge is 0.261 e. The van der Waals surface area contributed by atoms with Crippen LogP contribution >= 0.6 is 0 Å². The molecule has 0 aliphatic carbocycles. The molecule has 1 heterocycles. The van der Waals surface area contributed by atoms with Crippen LogP contribution in [0.2, 0.25) is 0 Å². The highest BCUT2D eigenvalue weighted by Crippen LogP contribution is 2.22. The Morgan fingerprint density at radius 1 is 0.694 bits per heavy atom. The molecule has 1 aromatic heterocycles. The lowest BCUT2D eigenvalue weighted by Crippen LogP contribution is -2.37. The fourth-order valence-electron chi connectivity index (χ4n) is 5.37. The summed E-state index contributed by atoms with van der Waals surface area (Å²) in [5, 5.41) is 0. The Bertz CT molecular complexity index is 958.